The first-order valence-corrected chi connectivity index (χ1v) is 9.03. The van der Waals surface area contributed by atoms with Crippen LogP contribution in [0.2, 0.25) is 0 Å². The van der Waals surface area contributed by atoms with Crippen LogP contribution < -0.4 is 5.32 Å². The zero-order valence-electron chi connectivity index (χ0n) is 15.7. The van der Waals surface area contributed by atoms with Gasteiger partial charge in [0.05, 0.1) is 13.2 Å². The topological polar surface area (TPSA) is 54.3 Å². The average molecular weight is 370 g/mol. The van der Waals surface area contributed by atoms with Crippen molar-refractivity contribution in [1.82, 2.24) is 0 Å². The lowest BCUT2D eigenvalue weighted by Crippen LogP contribution is -2.13. The zero-order chi connectivity index (χ0) is 19.6. The van der Waals surface area contributed by atoms with E-state index in [1.54, 1.807) is 7.11 Å². The fourth-order valence-electron chi connectivity index (χ4n) is 2.90. The Bertz CT molecular complexity index is 936. The van der Waals surface area contributed by atoms with E-state index >= 15 is 0 Å². The van der Waals surface area contributed by atoms with Crippen molar-refractivity contribution >= 4 is 5.69 Å². The minimum Gasteiger partial charge on any atom is -0.492 e. The van der Waals surface area contributed by atoms with Crippen LogP contribution in [0.1, 0.15) is 5.56 Å². The SMILES string of the molecule is COC1=C(OCc2ccccc2)C=CC(/C=C/C#N)/C1=C\Nc1ccccc1. The number of hydrogen-bond acceptors (Lipinski definition) is 4. The van der Waals surface area contributed by atoms with Gasteiger partial charge in [-0.1, -0.05) is 60.7 Å². The van der Waals surface area contributed by atoms with Gasteiger partial charge in [0.25, 0.3) is 0 Å². The van der Waals surface area contributed by atoms with Crippen molar-refractivity contribution in [1.29, 1.82) is 5.26 Å². The van der Waals surface area contributed by atoms with Gasteiger partial charge in [-0.05, 0) is 23.8 Å². The van der Waals surface area contributed by atoms with Gasteiger partial charge in [0.15, 0.2) is 11.5 Å². The molecule has 0 bridgehead atoms. The highest BCUT2D eigenvalue weighted by molar-refractivity contribution is 5.51. The molecule has 1 aliphatic carbocycles. The molecule has 1 atom stereocenters. The second-order valence-electron chi connectivity index (χ2n) is 6.15. The number of ether oxygens (including phenoxy) is 2. The van der Waals surface area contributed by atoms with Gasteiger partial charge in [-0.3, -0.25) is 0 Å². The largest absolute Gasteiger partial charge is 0.492 e. The van der Waals surface area contributed by atoms with E-state index in [1.165, 1.54) is 6.08 Å². The Balaban J connectivity index is 1.87. The summed E-state index contributed by atoms with van der Waals surface area (Å²) >= 11 is 0. The number of nitrogens with zero attached hydrogens (tertiary/aromatic N) is 1. The van der Waals surface area contributed by atoms with Gasteiger partial charge in [-0.15, -0.1) is 0 Å². The van der Waals surface area contributed by atoms with Crippen molar-refractivity contribution in [2.24, 2.45) is 5.92 Å². The van der Waals surface area contributed by atoms with E-state index < -0.39 is 0 Å². The summed E-state index contributed by atoms with van der Waals surface area (Å²) in [7, 11) is 1.63. The van der Waals surface area contributed by atoms with Crippen LogP contribution in [0.15, 0.2) is 108 Å². The first-order chi connectivity index (χ1) is 13.8. The van der Waals surface area contributed by atoms with Crippen molar-refractivity contribution in [3.05, 3.63) is 114 Å². The molecule has 0 saturated carbocycles. The Labute approximate surface area is 165 Å². The van der Waals surface area contributed by atoms with Gasteiger partial charge in [0.2, 0.25) is 0 Å². The maximum atomic E-state index is 8.91. The first-order valence-electron chi connectivity index (χ1n) is 9.03. The number of methoxy groups -OCH3 is 1. The van der Waals surface area contributed by atoms with E-state index in [1.807, 2.05) is 91.2 Å². The Morgan fingerprint density at radius 2 is 1.79 bits per heavy atom. The van der Waals surface area contributed by atoms with Gasteiger partial charge >= 0.3 is 0 Å². The molecule has 28 heavy (non-hydrogen) atoms. The smallest absolute Gasteiger partial charge is 0.166 e. The first kappa shape index (κ1) is 19.1. The lowest BCUT2D eigenvalue weighted by Gasteiger charge is -2.23. The summed E-state index contributed by atoms with van der Waals surface area (Å²) in [4.78, 5) is 0. The van der Waals surface area contributed by atoms with Crippen LogP contribution in [-0.2, 0) is 16.1 Å². The minimum atomic E-state index is -0.0881. The summed E-state index contributed by atoms with van der Waals surface area (Å²) < 4.78 is 11.7. The molecule has 140 valence electrons. The molecule has 3 rings (SSSR count). The maximum Gasteiger partial charge on any atom is 0.166 e. The van der Waals surface area contributed by atoms with Gasteiger partial charge in [-0.2, -0.15) is 5.26 Å². The van der Waals surface area contributed by atoms with Crippen LogP contribution in [0.25, 0.3) is 0 Å². The van der Waals surface area contributed by atoms with E-state index in [2.05, 4.69) is 5.32 Å². The van der Waals surface area contributed by atoms with E-state index in [0.29, 0.717) is 18.1 Å². The predicted octanol–water partition coefficient (Wildman–Crippen LogP) is 5.32. The van der Waals surface area contributed by atoms with Crippen LogP contribution in [0.4, 0.5) is 5.69 Å². The Morgan fingerprint density at radius 1 is 1.07 bits per heavy atom. The summed E-state index contributed by atoms with van der Waals surface area (Å²) in [5.74, 6) is 1.22. The number of nitrogens with one attached hydrogen (secondary N) is 1. The van der Waals surface area contributed by atoms with Crippen molar-refractivity contribution in [3.8, 4) is 6.07 Å². The summed E-state index contributed by atoms with van der Waals surface area (Å²) in [6.45, 7) is 0.450. The highest BCUT2D eigenvalue weighted by Gasteiger charge is 2.23. The molecule has 0 aromatic heterocycles. The third-order valence-corrected chi connectivity index (χ3v) is 4.29. The summed E-state index contributed by atoms with van der Waals surface area (Å²) in [6, 6.07) is 21.9. The van der Waals surface area contributed by atoms with Gasteiger partial charge in [0, 0.05) is 29.5 Å². The molecule has 2 aromatic rings. The van der Waals surface area contributed by atoms with Crippen LogP contribution in [0, 0.1) is 17.2 Å². The van der Waals surface area contributed by atoms with Gasteiger partial charge in [0.1, 0.15) is 6.61 Å². The molecular formula is C24H22N2O2. The number of rotatable bonds is 7. The Hall–Kier alpha value is -3.71. The van der Waals surface area contributed by atoms with Crippen LogP contribution in [-0.4, -0.2) is 7.11 Å². The number of nitriles is 1. The second-order valence-corrected chi connectivity index (χ2v) is 6.15. The van der Waals surface area contributed by atoms with Crippen LogP contribution >= 0.6 is 0 Å². The number of hydrogen-bond donors (Lipinski definition) is 1. The molecule has 4 heteroatoms. The lowest BCUT2D eigenvalue weighted by molar-refractivity contribution is 0.177. The molecule has 1 aliphatic rings. The number of para-hydroxylation sites is 1. The van der Waals surface area contributed by atoms with Crippen molar-refractivity contribution < 1.29 is 9.47 Å². The monoisotopic (exact) mass is 370 g/mol. The fraction of sp³-hybridized carbons (Fsp3) is 0.125. The van der Waals surface area contributed by atoms with E-state index in [0.717, 1.165) is 16.8 Å². The molecule has 0 heterocycles. The molecule has 0 saturated heterocycles. The predicted molar refractivity (Wildman–Crippen MR) is 111 cm³/mol. The lowest BCUT2D eigenvalue weighted by atomic mass is 9.92. The molecule has 0 radical (unpaired) electrons. The van der Waals surface area contributed by atoms with E-state index in [4.69, 9.17) is 14.7 Å². The van der Waals surface area contributed by atoms with Crippen molar-refractivity contribution in [2.75, 3.05) is 12.4 Å². The highest BCUT2D eigenvalue weighted by Crippen LogP contribution is 2.32. The molecule has 1 N–H and O–H groups in total. The van der Waals surface area contributed by atoms with Crippen molar-refractivity contribution in [3.63, 3.8) is 0 Å². The standard InChI is InChI=1S/C24H22N2O2/c1-27-24-22(17-26-21-12-6-3-7-13-21)20(11-8-16-25)14-15-23(24)28-18-19-9-4-2-5-10-19/h2-15,17,20,26H,18H2,1H3/b11-8+,22-17+. The normalized spacial score (nSPS) is 17.6. The molecule has 0 aliphatic heterocycles. The second kappa shape index (κ2) is 9.84. The highest BCUT2D eigenvalue weighted by atomic mass is 16.5. The van der Waals surface area contributed by atoms with Crippen molar-refractivity contribution in [2.45, 2.75) is 6.61 Å². The number of allylic oxidation sites excluding steroid dienone is 5. The minimum absolute atomic E-state index is 0.0881. The third-order valence-electron chi connectivity index (χ3n) is 4.29. The molecule has 1 unspecified atom stereocenters. The van der Waals surface area contributed by atoms with E-state index in [-0.39, 0.29) is 5.92 Å². The summed E-state index contributed by atoms with van der Waals surface area (Å²) in [6.07, 6.45) is 9.11. The number of benzene rings is 2. The maximum absolute atomic E-state index is 8.91. The quantitative estimate of drug-likeness (QED) is 0.670. The van der Waals surface area contributed by atoms with Gasteiger partial charge < -0.3 is 14.8 Å². The summed E-state index contributed by atoms with van der Waals surface area (Å²) in [5.41, 5.74) is 2.94. The van der Waals surface area contributed by atoms with Crippen LogP contribution in [0.3, 0.4) is 0 Å². The molecular weight excluding hydrogens is 348 g/mol. The molecule has 0 spiro atoms. The fourth-order valence-corrected chi connectivity index (χ4v) is 2.90. The van der Waals surface area contributed by atoms with Gasteiger partial charge in [-0.25, -0.2) is 0 Å². The Morgan fingerprint density at radius 3 is 2.46 bits per heavy atom. The number of anilines is 1. The average Bonchev–Trinajstić information content (AvgIpc) is 2.76. The molecule has 0 fully saturated rings. The molecule has 2 aromatic carbocycles. The van der Waals surface area contributed by atoms with E-state index in [9.17, 15) is 0 Å². The van der Waals surface area contributed by atoms with Crippen LogP contribution in [0.5, 0.6) is 0 Å². The third kappa shape index (κ3) is 4.93. The Kier molecular flexibility index (Phi) is 6.70. The molecule has 0 amide bonds. The zero-order valence-corrected chi connectivity index (χ0v) is 15.7. The molecule has 4 nitrogen and oxygen atoms in total. The summed E-state index contributed by atoms with van der Waals surface area (Å²) in [5, 5.41) is 12.2.